The van der Waals surface area contributed by atoms with Crippen LogP contribution in [0.3, 0.4) is 0 Å². The van der Waals surface area contributed by atoms with Gasteiger partial charge in [0.1, 0.15) is 17.3 Å². The van der Waals surface area contributed by atoms with Crippen molar-refractivity contribution in [3.8, 4) is 5.75 Å². The lowest BCUT2D eigenvalue weighted by molar-refractivity contribution is -0.384. The molecule has 0 heterocycles. The first-order chi connectivity index (χ1) is 15.4. The van der Waals surface area contributed by atoms with Gasteiger partial charge in [-0.2, -0.15) is 0 Å². The number of hydrogen-bond donors (Lipinski definition) is 2. The maximum Gasteiger partial charge on any atom is 0.272 e. The van der Waals surface area contributed by atoms with E-state index in [1.54, 1.807) is 12.1 Å². The maximum absolute atomic E-state index is 13.2. The third kappa shape index (κ3) is 5.76. The highest BCUT2D eigenvalue weighted by molar-refractivity contribution is 6.10. The van der Waals surface area contributed by atoms with E-state index in [9.17, 15) is 24.1 Å². The van der Waals surface area contributed by atoms with Crippen molar-refractivity contribution in [1.29, 1.82) is 0 Å². The molecule has 0 unspecified atom stereocenters. The van der Waals surface area contributed by atoms with Crippen molar-refractivity contribution in [2.24, 2.45) is 0 Å². The van der Waals surface area contributed by atoms with E-state index >= 15 is 0 Å². The molecule has 3 aromatic rings. The van der Waals surface area contributed by atoms with Crippen LogP contribution in [-0.4, -0.2) is 23.8 Å². The summed E-state index contributed by atoms with van der Waals surface area (Å²) in [5, 5.41) is 16.0. The molecule has 2 N–H and O–H groups in total. The van der Waals surface area contributed by atoms with Crippen molar-refractivity contribution in [1.82, 2.24) is 5.32 Å². The fraction of sp³-hybridized carbons (Fsp3) is 0.0435. The summed E-state index contributed by atoms with van der Waals surface area (Å²) in [6.45, 7) is 0. The highest BCUT2D eigenvalue weighted by Gasteiger charge is 2.16. The number of carbonyl (C=O) groups excluding carboxylic acids is 2. The van der Waals surface area contributed by atoms with Crippen molar-refractivity contribution >= 4 is 29.3 Å². The molecule has 2 amide bonds. The predicted octanol–water partition coefficient (Wildman–Crippen LogP) is 4.15. The number of nitro benzene ring substituents is 1. The van der Waals surface area contributed by atoms with E-state index in [0.29, 0.717) is 11.3 Å². The van der Waals surface area contributed by atoms with E-state index in [2.05, 4.69) is 10.6 Å². The molecule has 0 saturated carbocycles. The molecule has 0 saturated heterocycles. The summed E-state index contributed by atoms with van der Waals surface area (Å²) in [7, 11) is 1.50. The molecule has 162 valence electrons. The van der Waals surface area contributed by atoms with Gasteiger partial charge in [-0.25, -0.2) is 4.39 Å². The number of hydrogen-bond acceptors (Lipinski definition) is 5. The third-order valence-corrected chi connectivity index (χ3v) is 4.34. The molecular weight excluding hydrogens is 417 g/mol. The van der Waals surface area contributed by atoms with Crippen LogP contribution in [0, 0.1) is 15.9 Å². The Kier molecular flexibility index (Phi) is 6.92. The van der Waals surface area contributed by atoms with E-state index in [4.69, 9.17) is 4.74 Å². The van der Waals surface area contributed by atoms with Gasteiger partial charge in [-0.1, -0.05) is 18.2 Å². The standard InChI is InChI=1S/C23H18FN3O5/c1-32-20-11-7-16(8-12-20)22(28)26-21(13-15-5-9-17(24)10-6-15)23(29)25-18-3-2-4-19(14-18)27(30)31/h2-14H,1H3,(H,25,29)(H,26,28)/b21-13-. The van der Waals surface area contributed by atoms with Crippen LogP contribution in [0.5, 0.6) is 5.75 Å². The molecule has 8 nitrogen and oxygen atoms in total. The number of nitrogens with one attached hydrogen (secondary N) is 2. The highest BCUT2D eigenvalue weighted by Crippen LogP contribution is 2.18. The first-order valence-electron chi connectivity index (χ1n) is 9.34. The quantitative estimate of drug-likeness (QED) is 0.329. The van der Waals surface area contributed by atoms with Gasteiger partial charge in [0.2, 0.25) is 0 Å². The van der Waals surface area contributed by atoms with Crippen LogP contribution in [-0.2, 0) is 4.79 Å². The Morgan fingerprint density at radius 3 is 2.34 bits per heavy atom. The molecular formula is C23H18FN3O5. The minimum atomic E-state index is -0.711. The topological polar surface area (TPSA) is 111 Å². The average molecular weight is 435 g/mol. The molecule has 0 atom stereocenters. The van der Waals surface area contributed by atoms with E-state index in [1.165, 1.54) is 73.8 Å². The maximum atomic E-state index is 13.2. The summed E-state index contributed by atoms with van der Waals surface area (Å²) in [5.74, 6) is -1.16. The Labute approximate surface area is 182 Å². The molecule has 3 rings (SSSR count). The lowest BCUT2D eigenvalue weighted by atomic mass is 10.1. The Morgan fingerprint density at radius 2 is 1.72 bits per heavy atom. The molecule has 9 heteroatoms. The number of rotatable bonds is 7. The van der Waals surface area contributed by atoms with Gasteiger partial charge in [-0.3, -0.25) is 19.7 Å². The van der Waals surface area contributed by atoms with Crippen molar-refractivity contribution in [2.75, 3.05) is 12.4 Å². The molecule has 0 aliphatic rings. The number of methoxy groups -OCH3 is 1. The first-order valence-corrected chi connectivity index (χ1v) is 9.34. The SMILES string of the molecule is COc1ccc(C(=O)N/C(=C\c2ccc(F)cc2)C(=O)Nc2cccc([N+](=O)[O-])c2)cc1. The minimum absolute atomic E-state index is 0.135. The summed E-state index contributed by atoms with van der Waals surface area (Å²) in [4.78, 5) is 35.9. The number of carbonyl (C=O) groups is 2. The van der Waals surface area contributed by atoms with Gasteiger partial charge in [-0.15, -0.1) is 0 Å². The van der Waals surface area contributed by atoms with Crippen LogP contribution in [0.2, 0.25) is 0 Å². The Bertz CT molecular complexity index is 1170. The second-order valence-corrected chi connectivity index (χ2v) is 6.55. The van der Waals surface area contributed by atoms with Crippen LogP contribution in [0.25, 0.3) is 6.08 Å². The molecule has 0 fully saturated rings. The number of benzene rings is 3. The van der Waals surface area contributed by atoms with Gasteiger partial charge in [-0.05, 0) is 54.1 Å². The molecule has 0 radical (unpaired) electrons. The van der Waals surface area contributed by atoms with Gasteiger partial charge in [0.25, 0.3) is 17.5 Å². The molecule has 0 spiro atoms. The van der Waals surface area contributed by atoms with Gasteiger partial charge in [0, 0.05) is 23.4 Å². The summed E-state index contributed by atoms with van der Waals surface area (Å²) < 4.78 is 18.3. The van der Waals surface area contributed by atoms with Gasteiger partial charge >= 0.3 is 0 Å². The number of nitrogens with zero attached hydrogens (tertiary/aromatic N) is 1. The number of nitro groups is 1. The van der Waals surface area contributed by atoms with Crippen molar-refractivity contribution in [3.63, 3.8) is 0 Å². The second kappa shape index (κ2) is 9.98. The normalized spacial score (nSPS) is 10.9. The largest absolute Gasteiger partial charge is 0.497 e. The van der Waals surface area contributed by atoms with Crippen LogP contribution in [0.4, 0.5) is 15.8 Å². The zero-order valence-corrected chi connectivity index (χ0v) is 16.9. The summed E-state index contributed by atoms with van der Waals surface area (Å²) in [6, 6.07) is 17.0. The molecule has 0 bridgehead atoms. The van der Waals surface area contributed by atoms with Crippen LogP contribution in [0.1, 0.15) is 15.9 Å². The van der Waals surface area contributed by atoms with Crippen LogP contribution >= 0.6 is 0 Å². The van der Waals surface area contributed by atoms with E-state index in [0.717, 1.165) is 0 Å². The van der Waals surface area contributed by atoms with E-state index in [-0.39, 0.29) is 22.6 Å². The zero-order chi connectivity index (χ0) is 23.1. The Balaban J connectivity index is 1.88. The van der Waals surface area contributed by atoms with Crippen LogP contribution < -0.4 is 15.4 Å². The van der Waals surface area contributed by atoms with Gasteiger partial charge in [0.15, 0.2) is 0 Å². The van der Waals surface area contributed by atoms with Crippen LogP contribution in [0.15, 0.2) is 78.5 Å². The predicted molar refractivity (Wildman–Crippen MR) is 117 cm³/mol. The number of halogens is 1. The van der Waals surface area contributed by atoms with Gasteiger partial charge in [0.05, 0.1) is 12.0 Å². The lowest BCUT2D eigenvalue weighted by Crippen LogP contribution is -2.30. The van der Waals surface area contributed by atoms with E-state index in [1.807, 2.05) is 0 Å². The third-order valence-electron chi connectivity index (χ3n) is 4.34. The van der Waals surface area contributed by atoms with E-state index < -0.39 is 22.6 Å². The number of non-ortho nitro benzene ring substituents is 1. The van der Waals surface area contributed by atoms with Crippen molar-refractivity contribution in [2.45, 2.75) is 0 Å². The smallest absolute Gasteiger partial charge is 0.272 e. The lowest BCUT2D eigenvalue weighted by Gasteiger charge is -2.12. The molecule has 32 heavy (non-hydrogen) atoms. The second-order valence-electron chi connectivity index (χ2n) is 6.55. The summed E-state index contributed by atoms with van der Waals surface area (Å²) in [5.41, 5.74) is 0.579. The molecule has 0 aliphatic carbocycles. The van der Waals surface area contributed by atoms with Crippen molar-refractivity contribution < 1.29 is 23.6 Å². The first kappa shape index (κ1) is 22.2. The number of ether oxygens (including phenoxy) is 1. The average Bonchev–Trinajstić information content (AvgIpc) is 2.80. The fourth-order valence-electron chi connectivity index (χ4n) is 2.72. The monoisotopic (exact) mass is 435 g/mol. The van der Waals surface area contributed by atoms with Gasteiger partial charge < -0.3 is 15.4 Å². The Morgan fingerprint density at radius 1 is 1.03 bits per heavy atom. The zero-order valence-electron chi connectivity index (χ0n) is 16.9. The molecule has 0 aliphatic heterocycles. The van der Waals surface area contributed by atoms with Crippen molar-refractivity contribution in [3.05, 3.63) is 106 Å². The summed E-state index contributed by atoms with van der Waals surface area (Å²) in [6.07, 6.45) is 1.37. The molecule has 0 aromatic heterocycles. The minimum Gasteiger partial charge on any atom is -0.497 e. The number of anilines is 1. The highest BCUT2D eigenvalue weighted by atomic mass is 19.1. The fourth-order valence-corrected chi connectivity index (χ4v) is 2.72. The Hall–Kier alpha value is -4.53. The number of amides is 2. The summed E-state index contributed by atoms with van der Waals surface area (Å²) >= 11 is 0. The molecule has 3 aromatic carbocycles.